The molecule has 3 rings (SSSR count). The van der Waals surface area contributed by atoms with Gasteiger partial charge < -0.3 is 20.3 Å². The monoisotopic (exact) mass is 629 g/mol. The fourth-order valence-corrected chi connectivity index (χ4v) is 6.18. The molecule has 11 nitrogen and oxygen atoms in total. The Labute approximate surface area is 260 Å². The summed E-state index contributed by atoms with van der Waals surface area (Å²) < 4.78 is 31.5. The summed E-state index contributed by atoms with van der Waals surface area (Å²) >= 11 is 0. The number of unbranched alkanes of at least 4 members (excludes halogenated alkanes) is 2. The Morgan fingerprint density at radius 3 is 2.48 bits per heavy atom. The Balaban J connectivity index is 1.72. The third kappa shape index (κ3) is 9.62. The molecule has 4 amide bonds. The number of primary amides is 1. The summed E-state index contributed by atoms with van der Waals surface area (Å²) in [4.78, 5) is 54.6. The van der Waals surface area contributed by atoms with Crippen molar-refractivity contribution in [2.75, 3.05) is 6.54 Å². The van der Waals surface area contributed by atoms with Gasteiger partial charge in [-0.05, 0) is 70.9 Å². The number of rotatable bonds is 14. The van der Waals surface area contributed by atoms with E-state index in [0.717, 1.165) is 18.2 Å². The molecule has 1 aromatic rings. The number of amides is 4. The smallest absolute Gasteiger partial charge is 0.408 e. The van der Waals surface area contributed by atoms with Crippen LogP contribution in [0.5, 0.6) is 0 Å². The molecule has 2 fully saturated rings. The highest BCUT2D eigenvalue weighted by Crippen LogP contribution is 2.44. The molecule has 1 aliphatic heterocycles. The van der Waals surface area contributed by atoms with Gasteiger partial charge in [0.15, 0.2) is 5.54 Å². The first-order chi connectivity index (χ1) is 20.7. The zero-order valence-corrected chi connectivity index (χ0v) is 26.6. The fourth-order valence-electron chi connectivity index (χ4n) is 5.24. The zero-order valence-electron chi connectivity index (χ0n) is 25.8. The lowest BCUT2D eigenvalue weighted by molar-refractivity contribution is -0.415. The van der Waals surface area contributed by atoms with Gasteiger partial charge in [0.2, 0.25) is 11.8 Å². The number of allylic oxidation sites excluding steroid dienone is 1. The minimum Gasteiger partial charge on any atom is -0.444 e. The first-order valence-electron chi connectivity index (χ1n) is 14.9. The summed E-state index contributed by atoms with van der Waals surface area (Å²) in [6, 6.07) is 7.00. The van der Waals surface area contributed by atoms with Crippen LogP contribution in [0.2, 0.25) is 0 Å². The van der Waals surface area contributed by atoms with Crippen molar-refractivity contribution in [1.29, 1.82) is 0 Å². The predicted molar refractivity (Wildman–Crippen MR) is 167 cm³/mol. The molecule has 4 N–H and O–H groups in total. The molecule has 0 spiro atoms. The number of nitrogens with zero attached hydrogens (tertiary/aromatic N) is 1. The van der Waals surface area contributed by atoms with Gasteiger partial charge in [-0.15, -0.1) is 13.2 Å². The first kappa shape index (κ1) is 34.7. The van der Waals surface area contributed by atoms with Crippen LogP contribution in [0.4, 0.5) is 4.79 Å². The van der Waals surface area contributed by atoms with Gasteiger partial charge in [0.05, 0.1) is 5.41 Å². The number of carbonyl (C=O) groups is 4. The van der Waals surface area contributed by atoms with Crippen LogP contribution in [0.1, 0.15) is 71.3 Å². The number of benzene rings is 1. The van der Waals surface area contributed by atoms with Crippen LogP contribution in [0.3, 0.4) is 0 Å². The molecule has 0 bridgehead atoms. The molecule has 0 aromatic heterocycles. The maximum Gasteiger partial charge on any atom is 0.408 e. The number of carbonyl (C=O) groups excluding carboxylic acids is 4. The Morgan fingerprint density at radius 2 is 1.86 bits per heavy atom. The van der Waals surface area contributed by atoms with Gasteiger partial charge in [-0.1, -0.05) is 48.9 Å². The summed E-state index contributed by atoms with van der Waals surface area (Å²) in [5.41, 5.74) is -1.56. The maximum absolute atomic E-state index is 13.7. The van der Waals surface area contributed by atoms with Crippen LogP contribution >= 0.6 is 0 Å². The lowest BCUT2D eigenvalue weighted by atomic mass is 10.1. The van der Waals surface area contributed by atoms with Gasteiger partial charge in [0.25, 0.3) is 0 Å². The molecule has 1 aromatic carbocycles. The van der Waals surface area contributed by atoms with Crippen molar-refractivity contribution >= 4 is 39.9 Å². The van der Waals surface area contributed by atoms with Crippen molar-refractivity contribution in [3.05, 3.63) is 66.6 Å². The van der Waals surface area contributed by atoms with Crippen LogP contribution in [-0.2, 0) is 29.1 Å². The molecule has 12 heteroatoms. The van der Waals surface area contributed by atoms with Gasteiger partial charge in [-0.2, -0.15) is 13.1 Å². The van der Waals surface area contributed by atoms with Gasteiger partial charge in [0, 0.05) is 12.5 Å². The zero-order chi connectivity index (χ0) is 32.5. The van der Waals surface area contributed by atoms with Crippen molar-refractivity contribution in [3.8, 4) is 0 Å². The van der Waals surface area contributed by atoms with E-state index in [1.165, 1.54) is 17.1 Å². The van der Waals surface area contributed by atoms with Gasteiger partial charge >= 0.3 is 22.0 Å². The molecule has 1 saturated heterocycles. The summed E-state index contributed by atoms with van der Waals surface area (Å²) in [6.07, 6.45) is 7.60. The van der Waals surface area contributed by atoms with Crippen molar-refractivity contribution in [1.82, 2.24) is 15.5 Å². The van der Waals surface area contributed by atoms with E-state index in [1.807, 2.05) is 0 Å². The molecule has 240 valence electrons. The molecule has 4 unspecified atom stereocenters. The molecular formula is C32H45N4O7S+. The summed E-state index contributed by atoms with van der Waals surface area (Å²) in [5, 5.41) is 6.39. The van der Waals surface area contributed by atoms with Crippen LogP contribution < -0.4 is 15.4 Å². The highest BCUT2D eigenvalue weighted by molar-refractivity contribution is 7.88. The van der Waals surface area contributed by atoms with E-state index in [2.05, 4.69) is 23.8 Å². The number of ether oxygens (including phenoxy) is 1. The predicted octanol–water partition coefficient (Wildman–Crippen LogP) is 2.77. The second-order valence-electron chi connectivity index (χ2n) is 12.3. The molecule has 44 heavy (non-hydrogen) atoms. The maximum atomic E-state index is 13.7. The molecule has 0 radical (unpaired) electrons. The molecular weight excluding hydrogens is 584 g/mol. The Bertz CT molecular complexity index is 1370. The van der Waals surface area contributed by atoms with Gasteiger partial charge in [-0.25, -0.2) is 9.59 Å². The van der Waals surface area contributed by atoms with E-state index in [1.54, 1.807) is 57.2 Å². The highest BCUT2D eigenvalue weighted by Gasteiger charge is 2.64. The average Bonchev–Trinajstić information content (AvgIpc) is 3.44. The number of hydrogen-bond donors (Lipinski definition) is 3. The summed E-state index contributed by atoms with van der Waals surface area (Å²) in [7, 11) is -4.05. The largest absolute Gasteiger partial charge is 0.444 e. The van der Waals surface area contributed by atoms with Crippen molar-refractivity contribution in [3.63, 3.8) is 0 Å². The Kier molecular flexibility index (Phi) is 11.7. The molecule has 1 saturated carbocycles. The third-order valence-corrected chi connectivity index (χ3v) is 8.64. The van der Waals surface area contributed by atoms with Crippen LogP contribution in [0.15, 0.2) is 61.0 Å². The number of alkyl carbamates (subject to hydrolysis) is 1. The van der Waals surface area contributed by atoms with E-state index in [0.29, 0.717) is 42.5 Å². The third-order valence-electron chi connectivity index (χ3n) is 7.58. The Morgan fingerprint density at radius 1 is 1.16 bits per heavy atom. The lowest BCUT2D eigenvalue weighted by Crippen LogP contribution is -2.94. The number of nitrogens with two attached hydrogens (primary N) is 1. The number of nitrogens with one attached hydrogen (secondary N) is 2. The van der Waals surface area contributed by atoms with Crippen molar-refractivity contribution < 1.29 is 37.1 Å². The quantitative estimate of drug-likeness (QED) is 0.211. The lowest BCUT2D eigenvalue weighted by Gasteiger charge is -2.30. The van der Waals surface area contributed by atoms with Gasteiger partial charge in [0.1, 0.15) is 17.7 Å². The standard InChI is InChI=1S/C32H44N4O7S/c1-6-8-9-13-17-25(33-30(40)43-31(3,4)5)28(38)36-20-14-18-26(36)27(37)34-32(22-24(32)7-2)29(39)35-44(41,42)21-19-23-15-11-10-12-16-23/h6-7,10-12,15-16,19,21,24-26H,1-2,8-9,13-14,17-18,20,22H2,3-5H3,(H,33,40)(H,34,37)(H,35,39)/p+1. The number of likely N-dealkylation sites (tertiary alicyclic amines) is 1. The second-order valence-corrected chi connectivity index (χ2v) is 13.9. The van der Waals surface area contributed by atoms with Crippen LogP contribution in [0.25, 0.3) is 6.08 Å². The van der Waals surface area contributed by atoms with Crippen LogP contribution in [-0.4, -0.2) is 66.9 Å². The van der Waals surface area contributed by atoms with E-state index >= 15 is 0 Å². The van der Waals surface area contributed by atoms with E-state index in [4.69, 9.17) is 4.74 Å². The molecule has 1 heterocycles. The number of hydrogen-bond acceptors (Lipinski definition) is 7. The molecule has 4 atom stereocenters. The fraction of sp³-hybridized carbons (Fsp3) is 0.500. The van der Waals surface area contributed by atoms with Gasteiger partial charge in [-0.3, -0.25) is 9.59 Å². The minimum absolute atomic E-state index is 0.197. The minimum atomic E-state index is -4.05. The topological polar surface area (TPSA) is 156 Å². The number of primary sulfonamides is 1. The van der Waals surface area contributed by atoms with Crippen molar-refractivity contribution in [2.24, 2.45) is 5.92 Å². The van der Waals surface area contributed by atoms with Crippen LogP contribution in [0, 0.1) is 5.92 Å². The van der Waals surface area contributed by atoms with E-state index in [9.17, 15) is 27.6 Å². The first-order valence-corrected chi connectivity index (χ1v) is 16.5. The normalized spacial score (nSPS) is 22.2. The number of quaternary nitrogens is 1. The molecule has 2 aliphatic rings. The Hall–Kier alpha value is -3.77. The van der Waals surface area contributed by atoms with Crippen molar-refractivity contribution in [2.45, 2.75) is 88.9 Å². The molecule has 1 aliphatic carbocycles. The summed E-state index contributed by atoms with van der Waals surface area (Å²) in [6.45, 7) is 12.9. The van der Waals surface area contributed by atoms with E-state index in [-0.39, 0.29) is 6.42 Å². The average molecular weight is 630 g/mol. The second kappa shape index (κ2) is 14.8. The highest BCUT2D eigenvalue weighted by atomic mass is 32.2. The number of sulfonamides is 1. The van der Waals surface area contributed by atoms with E-state index < -0.39 is 63.0 Å². The summed E-state index contributed by atoms with van der Waals surface area (Å²) in [5.74, 6) is -2.18. The SMILES string of the molecule is C=CCCCCC(NC(=O)OC(C)(C)C)C(=O)N1CCCC1C(=O)NC1(C(=O)[NH2+]S(=O)(=O)C=Cc2ccccc2)CC1C=C.